The normalized spacial score (nSPS) is 14.9. The molecule has 0 radical (unpaired) electrons. The van der Waals surface area contributed by atoms with Gasteiger partial charge in [-0.2, -0.15) is 0 Å². The molecule has 0 amide bonds. The Hall–Kier alpha value is -1.09. The van der Waals surface area contributed by atoms with Gasteiger partial charge in [0.25, 0.3) is 0 Å². The van der Waals surface area contributed by atoms with Crippen LogP contribution in [-0.2, 0) is 0 Å². The summed E-state index contributed by atoms with van der Waals surface area (Å²) in [5.74, 6) is 0.902. The first-order valence-corrected chi connectivity index (χ1v) is 6.10. The third-order valence-electron chi connectivity index (χ3n) is 3.12. The van der Waals surface area contributed by atoms with Crippen LogP contribution in [0.25, 0.3) is 0 Å². The number of hydrogen-bond acceptors (Lipinski definition) is 2. The van der Waals surface area contributed by atoms with Gasteiger partial charge in [0, 0.05) is 24.8 Å². The molecule has 0 atom stereocenters. The van der Waals surface area contributed by atoms with E-state index in [1.807, 2.05) is 6.07 Å². The van der Waals surface area contributed by atoms with Crippen LogP contribution in [0.1, 0.15) is 24.0 Å². The van der Waals surface area contributed by atoms with E-state index in [1.165, 1.54) is 24.1 Å². The Kier molecular flexibility index (Phi) is 3.15. The van der Waals surface area contributed by atoms with Crippen LogP contribution in [0.2, 0.25) is 0 Å². The van der Waals surface area contributed by atoms with Crippen LogP contribution >= 0.6 is 12.2 Å². The molecule has 1 aromatic carbocycles. The number of thiocarbonyl (C=S) groups is 1. The van der Waals surface area contributed by atoms with E-state index in [-0.39, 0.29) is 0 Å². The summed E-state index contributed by atoms with van der Waals surface area (Å²) in [7, 11) is 2.15. The first-order chi connectivity index (χ1) is 7.58. The van der Waals surface area contributed by atoms with E-state index in [0.29, 0.717) is 4.99 Å². The fraction of sp³-hybridized carbons (Fsp3) is 0.462. The maximum absolute atomic E-state index is 5.62. The summed E-state index contributed by atoms with van der Waals surface area (Å²) in [5.41, 5.74) is 9.10. The lowest BCUT2D eigenvalue weighted by Gasteiger charge is -2.21. The predicted molar refractivity (Wildman–Crippen MR) is 73.1 cm³/mol. The van der Waals surface area contributed by atoms with Crippen molar-refractivity contribution in [3.05, 3.63) is 29.3 Å². The van der Waals surface area contributed by atoms with Crippen molar-refractivity contribution in [2.75, 3.05) is 18.5 Å². The molecule has 0 aromatic heterocycles. The lowest BCUT2D eigenvalue weighted by molar-refractivity contribution is 0.785. The van der Waals surface area contributed by atoms with Crippen molar-refractivity contribution in [1.29, 1.82) is 0 Å². The van der Waals surface area contributed by atoms with Crippen LogP contribution < -0.4 is 10.6 Å². The van der Waals surface area contributed by atoms with E-state index in [4.69, 9.17) is 18.0 Å². The molecule has 0 spiro atoms. The number of hydrogen-bond donors (Lipinski definition) is 1. The average Bonchev–Trinajstić information content (AvgIpc) is 3.01. The SMILES string of the molecule is Cc1cc(C(N)=S)ccc1N(C)CC1CC1. The first kappa shape index (κ1) is 11.4. The minimum atomic E-state index is 0.472. The van der Waals surface area contributed by atoms with E-state index in [1.54, 1.807) is 0 Å². The second kappa shape index (κ2) is 4.42. The molecule has 0 bridgehead atoms. The van der Waals surface area contributed by atoms with Crippen LogP contribution in [0, 0.1) is 12.8 Å². The number of anilines is 1. The van der Waals surface area contributed by atoms with E-state index in [2.05, 4.69) is 31.0 Å². The molecule has 1 aliphatic carbocycles. The van der Waals surface area contributed by atoms with E-state index in [9.17, 15) is 0 Å². The molecular formula is C13H18N2S. The maximum Gasteiger partial charge on any atom is 0.103 e. The van der Waals surface area contributed by atoms with E-state index in [0.717, 1.165) is 18.0 Å². The maximum atomic E-state index is 5.62. The molecule has 0 unspecified atom stereocenters. The molecule has 0 saturated heterocycles. The highest BCUT2D eigenvalue weighted by atomic mass is 32.1. The first-order valence-electron chi connectivity index (χ1n) is 5.69. The van der Waals surface area contributed by atoms with Gasteiger partial charge in [0.05, 0.1) is 0 Å². The number of benzene rings is 1. The van der Waals surface area contributed by atoms with Crippen LogP contribution in [0.5, 0.6) is 0 Å². The lowest BCUT2D eigenvalue weighted by atomic mass is 10.1. The smallest absolute Gasteiger partial charge is 0.103 e. The summed E-state index contributed by atoms with van der Waals surface area (Å²) < 4.78 is 0. The van der Waals surface area contributed by atoms with Crippen molar-refractivity contribution in [2.45, 2.75) is 19.8 Å². The average molecular weight is 234 g/mol. The highest BCUT2D eigenvalue weighted by Gasteiger charge is 2.23. The molecule has 1 aliphatic rings. The van der Waals surface area contributed by atoms with Gasteiger partial charge in [0.15, 0.2) is 0 Å². The van der Waals surface area contributed by atoms with Crippen molar-refractivity contribution in [2.24, 2.45) is 11.7 Å². The quantitative estimate of drug-likeness (QED) is 0.812. The second-order valence-electron chi connectivity index (χ2n) is 4.69. The molecule has 0 heterocycles. The molecule has 86 valence electrons. The van der Waals surface area contributed by atoms with Gasteiger partial charge in [0.1, 0.15) is 4.99 Å². The van der Waals surface area contributed by atoms with Crippen LogP contribution in [-0.4, -0.2) is 18.6 Å². The fourth-order valence-corrected chi connectivity index (χ4v) is 2.15. The van der Waals surface area contributed by atoms with Crippen molar-refractivity contribution in [3.63, 3.8) is 0 Å². The van der Waals surface area contributed by atoms with Gasteiger partial charge in [-0.15, -0.1) is 0 Å². The second-order valence-corrected chi connectivity index (χ2v) is 5.13. The van der Waals surface area contributed by atoms with E-state index >= 15 is 0 Å². The van der Waals surface area contributed by atoms with Gasteiger partial charge < -0.3 is 10.6 Å². The molecular weight excluding hydrogens is 216 g/mol. The van der Waals surface area contributed by atoms with Crippen molar-refractivity contribution >= 4 is 22.9 Å². The largest absolute Gasteiger partial charge is 0.389 e. The predicted octanol–water partition coefficient (Wildman–Crippen LogP) is 2.48. The van der Waals surface area contributed by atoms with Gasteiger partial charge in [-0.25, -0.2) is 0 Å². The molecule has 1 saturated carbocycles. The molecule has 16 heavy (non-hydrogen) atoms. The highest BCUT2D eigenvalue weighted by molar-refractivity contribution is 7.80. The number of nitrogens with zero attached hydrogens (tertiary/aromatic N) is 1. The highest BCUT2D eigenvalue weighted by Crippen LogP contribution is 2.31. The fourth-order valence-electron chi connectivity index (χ4n) is 2.02. The summed E-state index contributed by atoms with van der Waals surface area (Å²) in [6, 6.07) is 6.20. The zero-order chi connectivity index (χ0) is 11.7. The summed E-state index contributed by atoms with van der Waals surface area (Å²) in [6.07, 6.45) is 2.77. The standard InChI is InChI=1S/C13H18N2S/c1-9-7-11(13(14)16)5-6-12(9)15(2)8-10-3-4-10/h5-7,10H,3-4,8H2,1-2H3,(H2,14,16). The number of nitrogens with two attached hydrogens (primary N) is 1. The van der Waals surface area contributed by atoms with Crippen molar-refractivity contribution < 1.29 is 0 Å². The number of aryl methyl sites for hydroxylation is 1. The van der Waals surface area contributed by atoms with Gasteiger partial charge in [-0.05, 0) is 49.4 Å². The van der Waals surface area contributed by atoms with Crippen LogP contribution in [0.15, 0.2) is 18.2 Å². The van der Waals surface area contributed by atoms with Crippen molar-refractivity contribution in [1.82, 2.24) is 0 Å². The van der Waals surface area contributed by atoms with Gasteiger partial charge in [0.2, 0.25) is 0 Å². The van der Waals surface area contributed by atoms with Gasteiger partial charge in [-0.3, -0.25) is 0 Å². The molecule has 2 rings (SSSR count). The topological polar surface area (TPSA) is 29.3 Å². The molecule has 2 nitrogen and oxygen atoms in total. The summed E-state index contributed by atoms with van der Waals surface area (Å²) in [6.45, 7) is 3.27. The molecule has 1 fully saturated rings. The molecule has 3 heteroatoms. The Labute approximate surface area is 102 Å². The zero-order valence-electron chi connectivity index (χ0n) is 9.86. The Morgan fingerprint density at radius 1 is 1.50 bits per heavy atom. The summed E-state index contributed by atoms with van der Waals surface area (Å²) in [4.78, 5) is 2.80. The third-order valence-corrected chi connectivity index (χ3v) is 3.36. The molecule has 2 N–H and O–H groups in total. The zero-order valence-corrected chi connectivity index (χ0v) is 10.7. The third kappa shape index (κ3) is 2.53. The van der Waals surface area contributed by atoms with E-state index < -0.39 is 0 Å². The van der Waals surface area contributed by atoms with Gasteiger partial charge >= 0.3 is 0 Å². The molecule has 0 aliphatic heterocycles. The van der Waals surface area contributed by atoms with Gasteiger partial charge in [-0.1, -0.05) is 12.2 Å². The summed E-state index contributed by atoms with van der Waals surface area (Å²) >= 11 is 4.97. The Morgan fingerprint density at radius 2 is 2.19 bits per heavy atom. The lowest BCUT2D eigenvalue weighted by Crippen LogP contribution is -2.21. The Morgan fingerprint density at radius 3 is 2.69 bits per heavy atom. The van der Waals surface area contributed by atoms with Crippen molar-refractivity contribution in [3.8, 4) is 0 Å². The minimum Gasteiger partial charge on any atom is -0.389 e. The summed E-state index contributed by atoms with van der Waals surface area (Å²) in [5, 5.41) is 0. The van der Waals surface area contributed by atoms with Crippen LogP contribution in [0.3, 0.4) is 0 Å². The van der Waals surface area contributed by atoms with Crippen LogP contribution in [0.4, 0.5) is 5.69 Å². The monoisotopic (exact) mass is 234 g/mol. The number of rotatable bonds is 4. The minimum absolute atomic E-state index is 0.472. The Balaban J connectivity index is 2.17. The Bertz CT molecular complexity index is 410. The molecule has 1 aromatic rings.